The van der Waals surface area contributed by atoms with Crippen LogP contribution < -0.4 is 10.6 Å². The maximum atomic E-state index is 13.4. The first-order valence-electron chi connectivity index (χ1n) is 6.55. The normalized spacial score (nSPS) is 17.8. The minimum Gasteiger partial charge on any atom is -0.368 e. The van der Waals surface area contributed by atoms with Gasteiger partial charge in [-0.05, 0) is 59.6 Å². The second-order valence-corrected chi connectivity index (χ2v) is 5.73. The molecule has 1 aromatic rings. The Morgan fingerprint density at radius 2 is 2.20 bits per heavy atom. The highest BCUT2D eigenvalue weighted by Crippen LogP contribution is 2.23. The molecule has 0 spiro atoms. The smallest absolute Gasteiger partial charge is 0.252 e. The largest absolute Gasteiger partial charge is 0.368 e. The summed E-state index contributed by atoms with van der Waals surface area (Å²) in [6.07, 6.45) is 1.29. The van der Waals surface area contributed by atoms with Crippen LogP contribution in [0.3, 0.4) is 0 Å². The number of hydrogen-bond acceptors (Lipinski definition) is 3. The Morgan fingerprint density at radius 3 is 2.80 bits per heavy atom. The van der Waals surface area contributed by atoms with E-state index in [9.17, 15) is 9.18 Å². The van der Waals surface area contributed by atoms with Gasteiger partial charge in [0, 0.05) is 13.7 Å². The molecule has 110 valence electrons. The van der Waals surface area contributed by atoms with Gasteiger partial charge in [0.05, 0.1) is 4.47 Å². The molecular formula is C14H18BrFN2O2. The summed E-state index contributed by atoms with van der Waals surface area (Å²) in [6, 6.07) is 4.81. The summed E-state index contributed by atoms with van der Waals surface area (Å²) in [5.41, 5.74) is -0.0432. The number of hydrogen-bond donors (Lipinski definition) is 2. The highest BCUT2D eigenvalue weighted by atomic mass is 79.9. The molecule has 0 saturated carbocycles. The minimum atomic E-state index is -0.765. The monoisotopic (exact) mass is 344 g/mol. The van der Waals surface area contributed by atoms with E-state index in [-0.39, 0.29) is 11.7 Å². The molecule has 1 fully saturated rings. The van der Waals surface area contributed by atoms with Crippen LogP contribution in [0, 0.1) is 5.82 Å². The number of halogens is 2. The minimum absolute atomic E-state index is 0.134. The number of piperidine rings is 1. The first kappa shape index (κ1) is 15.4. The van der Waals surface area contributed by atoms with Crippen LogP contribution in [0.1, 0.15) is 18.4 Å². The van der Waals surface area contributed by atoms with Gasteiger partial charge in [-0.25, -0.2) is 4.39 Å². The van der Waals surface area contributed by atoms with Crippen LogP contribution >= 0.6 is 15.9 Å². The van der Waals surface area contributed by atoms with Crippen LogP contribution in [0.15, 0.2) is 22.7 Å². The van der Waals surface area contributed by atoms with E-state index >= 15 is 0 Å². The molecule has 1 aromatic carbocycles. The van der Waals surface area contributed by atoms with E-state index in [0.717, 1.165) is 18.7 Å². The quantitative estimate of drug-likeness (QED) is 0.877. The predicted octanol–water partition coefficient (Wildman–Crippen LogP) is 1.97. The fraction of sp³-hybridized carbons (Fsp3) is 0.500. The lowest BCUT2D eigenvalue weighted by atomic mass is 9.91. The molecule has 6 heteroatoms. The Hall–Kier alpha value is -0.980. The summed E-state index contributed by atoms with van der Waals surface area (Å²) in [5.74, 6) is -0.468. The van der Waals surface area contributed by atoms with Gasteiger partial charge >= 0.3 is 0 Å². The Morgan fingerprint density at radius 1 is 1.50 bits per heavy atom. The zero-order chi connectivity index (χ0) is 14.6. The van der Waals surface area contributed by atoms with Gasteiger partial charge in [-0.1, -0.05) is 6.07 Å². The Balaban J connectivity index is 1.98. The number of amides is 1. The molecule has 1 aliphatic heterocycles. The number of carbonyl (C=O) groups is 1. The predicted molar refractivity (Wildman–Crippen MR) is 77.8 cm³/mol. The summed E-state index contributed by atoms with van der Waals surface area (Å²) >= 11 is 3.10. The third-order valence-corrected chi connectivity index (χ3v) is 4.30. The molecule has 0 aliphatic carbocycles. The molecule has 20 heavy (non-hydrogen) atoms. The van der Waals surface area contributed by atoms with E-state index in [4.69, 9.17) is 4.74 Å². The lowest BCUT2D eigenvalue weighted by molar-refractivity contribution is -0.146. The van der Waals surface area contributed by atoms with Crippen molar-refractivity contribution in [3.63, 3.8) is 0 Å². The zero-order valence-corrected chi connectivity index (χ0v) is 12.9. The topological polar surface area (TPSA) is 50.4 Å². The van der Waals surface area contributed by atoms with Crippen molar-refractivity contribution in [3.05, 3.63) is 34.1 Å². The van der Waals surface area contributed by atoms with Gasteiger partial charge in [0.15, 0.2) is 0 Å². The number of benzene rings is 1. The van der Waals surface area contributed by atoms with Gasteiger partial charge in [0.1, 0.15) is 11.4 Å². The lowest BCUT2D eigenvalue weighted by Gasteiger charge is -2.34. The average molecular weight is 345 g/mol. The molecule has 0 atom stereocenters. The van der Waals surface area contributed by atoms with Crippen LogP contribution in [0.4, 0.5) is 4.39 Å². The van der Waals surface area contributed by atoms with Crippen LogP contribution in [-0.2, 0) is 16.1 Å². The molecule has 4 nitrogen and oxygen atoms in total. The molecule has 1 aliphatic rings. The fourth-order valence-corrected chi connectivity index (χ4v) is 2.59. The van der Waals surface area contributed by atoms with E-state index in [0.29, 0.717) is 23.9 Å². The Labute approximate surface area is 126 Å². The Kier molecular flexibility index (Phi) is 5.12. The summed E-state index contributed by atoms with van der Waals surface area (Å²) in [5, 5.41) is 6.03. The van der Waals surface area contributed by atoms with E-state index in [1.165, 1.54) is 6.07 Å². The van der Waals surface area contributed by atoms with E-state index < -0.39 is 5.60 Å². The number of rotatable bonds is 4. The van der Waals surface area contributed by atoms with Crippen molar-refractivity contribution in [2.24, 2.45) is 0 Å². The molecule has 2 N–H and O–H groups in total. The van der Waals surface area contributed by atoms with Crippen molar-refractivity contribution >= 4 is 21.8 Å². The SMILES string of the molecule is COC1(C(=O)NCc2ccc(Br)c(F)c2)CCNCC1. The molecular weight excluding hydrogens is 327 g/mol. The van der Waals surface area contributed by atoms with Gasteiger partial charge in [-0.15, -0.1) is 0 Å². The fourth-order valence-electron chi connectivity index (χ4n) is 2.35. The second-order valence-electron chi connectivity index (χ2n) is 4.88. The highest BCUT2D eigenvalue weighted by molar-refractivity contribution is 9.10. The number of methoxy groups -OCH3 is 1. The summed E-state index contributed by atoms with van der Waals surface area (Å²) in [7, 11) is 1.56. The standard InChI is InChI=1S/C14H18BrFN2O2/c1-20-14(4-6-17-7-5-14)13(19)18-9-10-2-3-11(15)12(16)8-10/h2-3,8,17H,4-7,9H2,1H3,(H,18,19). The van der Waals surface area contributed by atoms with Gasteiger partial charge in [0.2, 0.25) is 0 Å². The van der Waals surface area contributed by atoms with Crippen molar-refractivity contribution in [3.8, 4) is 0 Å². The molecule has 0 radical (unpaired) electrons. The molecule has 0 unspecified atom stereocenters. The molecule has 1 heterocycles. The molecule has 1 saturated heterocycles. The van der Waals surface area contributed by atoms with Crippen molar-refractivity contribution in [2.45, 2.75) is 25.0 Å². The number of carbonyl (C=O) groups excluding carboxylic acids is 1. The highest BCUT2D eigenvalue weighted by Gasteiger charge is 2.39. The van der Waals surface area contributed by atoms with Crippen LogP contribution in [0.25, 0.3) is 0 Å². The Bertz CT molecular complexity index is 490. The summed E-state index contributed by atoms with van der Waals surface area (Å²) in [4.78, 5) is 12.3. The summed E-state index contributed by atoms with van der Waals surface area (Å²) in [6.45, 7) is 1.81. The second kappa shape index (κ2) is 6.65. The van der Waals surface area contributed by atoms with Crippen LogP contribution in [0.2, 0.25) is 0 Å². The number of nitrogens with one attached hydrogen (secondary N) is 2. The number of ether oxygens (including phenoxy) is 1. The zero-order valence-electron chi connectivity index (χ0n) is 11.3. The first-order chi connectivity index (χ1) is 9.57. The molecule has 1 amide bonds. The molecule has 2 rings (SSSR count). The maximum absolute atomic E-state index is 13.4. The average Bonchev–Trinajstić information content (AvgIpc) is 2.48. The third kappa shape index (κ3) is 3.37. The maximum Gasteiger partial charge on any atom is 0.252 e. The van der Waals surface area contributed by atoms with Gasteiger partial charge < -0.3 is 15.4 Å². The van der Waals surface area contributed by atoms with Crippen molar-refractivity contribution in [2.75, 3.05) is 20.2 Å². The summed E-state index contributed by atoms with van der Waals surface area (Å²) < 4.78 is 19.3. The first-order valence-corrected chi connectivity index (χ1v) is 7.35. The third-order valence-electron chi connectivity index (χ3n) is 3.65. The van der Waals surface area contributed by atoms with Crippen LogP contribution in [-0.4, -0.2) is 31.7 Å². The van der Waals surface area contributed by atoms with E-state index in [1.54, 1.807) is 19.2 Å². The molecule has 0 bridgehead atoms. The molecule has 0 aromatic heterocycles. The van der Waals surface area contributed by atoms with Crippen molar-refractivity contribution in [1.82, 2.24) is 10.6 Å². The van der Waals surface area contributed by atoms with Crippen LogP contribution in [0.5, 0.6) is 0 Å². The lowest BCUT2D eigenvalue weighted by Crippen LogP contribution is -2.53. The van der Waals surface area contributed by atoms with Crippen molar-refractivity contribution in [1.29, 1.82) is 0 Å². The van der Waals surface area contributed by atoms with E-state index in [2.05, 4.69) is 26.6 Å². The van der Waals surface area contributed by atoms with Gasteiger partial charge in [-0.3, -0.25) is 4.79 Å². The van der Waals surface area contributed by atoms with Gasteiger partial charge in [0.25, 0.3) is 5.91 Å². The van der Waals surface area contributed by atoms with Gasteiger partial charge in [-0.2, -0.15) is 0 Å². The van der Waals surface area contributed by atoms with E-state index in [1.807, 2.05) is 0 Å². The van der Waals surface area contributed by atoms with Crippen molar-refractivity contribution < 1.29 is 13.9 Å².